The number of rotatable bonds is 3. The second-order valence-corrected chi connectivity index (χ2v) is 4.90. The molecule has 1 heterocycles. The van der Waals surface area contributed by atoms with E-state index in [1.807, 2.05) is 27.7 Å². The number of carbonyl (C=O) groups is 1. The minimum absolute atomic E-state index is 0.00481. The van der Waals surface area contributed by atoms with Gasteiger partial charge in [-0.25, -0.2) is 4.79 Å². The van der Waals surface area contributed by atoms with E-state index in [4.69, 9.17) is 9.47 Å². The van der Waals surface area contributed by atoms with Crippen LogP contribution in [0, 0.1) is 0 Å². The molecule has 0 bridgehead atoms. The molecule has 0 radical (unpaired) electrons. The summed E-state index contributed by atoms with van der Waals surface area (Å²) in [5.74, 6) is 0. The molecule has 5 nitrogen and oxygen atoms in total. The van der Waals surface area contributed by atoms with Crippen LogP contribution in [0.4, 0.5) is 4.79 Å². The van der Waals surface area contributed by atoms with Crippen LogP contribution in [0.3, 0.4) is 0 Å². The molecule has 0 aromatic carbocycles. The highest BCUT2D eigenvalue weighted by molar-refractivity contribution is 5.68. The fourth-order valence-electron chi connectivity index (χ4n) is 1.65. The molecule has 2 unspecified atom stereocenters. The van der Waals surface area contributed by atoms with E-state index in [0.29, 0.717) is 6.61 Å². The lowest BCUT2D eigenvalue weighted by atomic mass is 10.2. The van der Waals surface area contributed by atoms with Gasteiger partial charge in [0.15, 0.2) is 0 Å². The first-order chi connectivity index (χ1) is 7.42. The Morgan fingerprint density at radius 1 is 1.44 bits per heavy atom. The maximum Gasteiger partial charge on any atom is 0.408 e. The van der Waals surface area contributed by atoms with E-state index in [-0.39, 0.29) is 18.2 Å². The fourth-order valence-corrected chi connectivity index (χ4v) is 1.65. The first-order valence-corrected chi connectivity index (χ1v) is 5.74. The smallest absolute Gasteiger partial charge is 0.408 e. The normalized spacial score (nSPS) is 25.5. The van der Waals surface area contributed by atoms with Crippen molar-refractivity contribution in [3.05, 3.63) is 0 Å². The third-order valence-corrected chi connectivity index (χ3v) is 2.24. The van der Waals surface area contributed by atoms with Crippen molar-refractivity contribution in [3.8, 4) is 0 Å². The van der Waals surface area contributed by atoms with Gasteiger partial charge in [-0.2, -0.15) is 0 Å². The molecule has 0 saturated carbocycles. The maximum atomic E-state index is 11.5. The summed E-state index contributed by atoms with van der Waals surface area (Å²) < 4.78 is 10.7. The van der Waals surface area contributed by atoms with E-state index >= 15 is 0 Å². The van der Waals surface area contributed by atoms with Crippen molar-refractivity contribution in [2.45, 2.75) is 45.4 Å². The minimum Gasteiger partial charge on any atom is -0.444 e. The zero-order valence-electron chi connectivity index (χ0n) is 10.5. The van der Waals surface area contributed by atoms with E-state index in [1.54, 1.807) is 0 Å². The Balaban J connectivity index is 2.38. The highest BCUT2D eigenvalue weighted by Gasteiger charge is 2.30. The molecular formula is C11H22N2O3. The summed E-state index contributed by atoms with van der Waals surface area (Å²) in [6.07, 6.45) is -0.344. The van der Waals surface area contributed by atoms with Gasteiger partial charge in [0.1, 0.15) is 5.60 Å². The number of hydrogen-bond donors (Lipinski definition) is 2. The lowest BCUT2D eigenvalue weighted by Crippen LogP contribution is -2.45. The number of carbonyl (C=O) groups excluding carboxylic acids is 1. The number of ether oxygens (including phenoxy) is 2. The van der Waals surface area contributed by atoms with Crippen LogP contribution in [-0.2, 0) is 9.47 Å². The fraction of sp³-hybridized carbons (Fsp3) is 0.909. The minimum atomic E-state index is -0.461. The lowest BCUT2D eigenvalue weighted by molar-refractivity contribution is 0.0332. The van der Waals surface area contributed by atoms with Crippen molar-refractivity contribution < 1.29 is 14.3 Å². The van der Waals surface area contributed by atoms with Gasteiger partial charge in [-0.15, -0.1) is 0 Å². The highest BCUT2D eigenvalue weighted by Crippen LogP contribution is 2.09. The quantitative estimate of drug-likeness (QED) is 0.756. The van der Waals surface area contributed by atoms with Gasteiger partial charge in [-0.1, -0.05) is 0 Å². The third-order valence-electron chi connectivity index (χ3n) is 2.24. The molecule has 1 fully saturated rings. The summed E-state index contributed by atoms with van der Waals surface area (Å²) in [5.41, 5.74) is -0.461. The van der Waals surface area contributed by atoms with Gasteiger partial charge in [0.25, 0.3) is 0 Å². The average molecular weight is 230 g/mol. The summed E-state index contributed by atoms with van der Waals surface area (Å²) in [6, 6.07) is -0.00481. The van der Waals surface area contributed by atoms with E-state index in [2.05, 4.69) is 10.6 Å². The van der Waals surface area contributed by atoms with Crippen molar-refractivity contribution in [3.63, 3.8) is 0 Å². The Labute approximate surface area is 96.9 Å². The Hall–Kier alpha value is -0.810. The molecular weight excluding hydrogens is 208 g/mol. The molecule has 1 aliphatic rings. The number of hydrogen-bond acceptors (Lipinski definition) is 4. The second kappa shape index (κ2) is 5.50. The van der Waals surface area contributed by atoms with Gasteiger partial charge < -0.3 is 20.1 Å². The molecule has 5 heteroatoms. The van der Waals surface area contributed by atoms with E-state index in [0.717, 1.165) is 13.1 Å². The van der Waals surface area contributed by atoms with E-state index in [9.17, 15) is 4.79 Å². The summed E-state index contributed by atoms with van der Waals surface area (Å²) in [6.45, 7) is 9.64. The molecule has 1 aliphatic heterocycles. The number of amides is 1. The van der Waals surface area contributed by atoms with Gasteiger partial charge in [-0.3, -0.25) is 0 Å². The molecule has 2 N–H and O–H groups in total. The highest BCUT2D eigenvalue weighted by atomic mass is 16.6. The first-order valence-electron chi connectivity index (χ1n) is 5.74. The average Bonchev–Trinajstić information content (AvgIpc) is 2.50. The Kier molecular flexibility index (Phi) is 4.56. The number of alkyl carbamates (subject to hydrolysis) is 1. The predicted octanol–water partition coefficient (Wildman–Crippen LogP) is 0.888. The van der Waals surface area contributed by atoms with Crippen LogP contribution in [0.25, 0.3) is 0 Å². The second-order valence-electron chi connectivity index (χ2n) is 4.90. The van der Waals surface area contributed by atoms with Crippen LogP contribution in [-0.4, -0.2) is 43.5 Å². The van der Waals surface area contributed by atoms with Gasteiger partial charge in [0, 0.05) is 19.7 Å². The molecule has 0 aromatic heterocycles. The standard InChI is InChI=1S/C11H22N2O3/c1-5-15-9-7-12-6-8(9)13-10(14)16-11(2,3)4/h8-9,12H,5-7H2,1-4H3,(H,13,14). The van der Waals surface area contributed by atoms with Crippen LogP contribution in [0.15, 0.2) is 0 Å². The van der Waals surface area contributed by atoms with Crippen LogP contribution >= 0.6 is 0 Å². The summed E-state index contributed by atoms with van der Waals surface area (Å²) in [5, 5.41) is 6.00. The molecule has 0 spiro atoms. The maximum absolute atomic E-state index is 11.5. The molecule has 1 amide bonds. The molecule has 2 atom stereocenters. The van der Waals surface area contributed by atoms with E-state index < -0.39 is 5.60 Å². The van der Waals surface area contributed by atoms with Gasteiger partial charge in [-0.05, 0) is 27.7 Å². The SMILES string of the molecule is CCOC1CNCC1NC(=O)OC(C)(C)C. The van der Waals surface area contributed by atoms with Crippen LogP contribution in [0.2, 0.25) is 0 Å². The predicted molar refractivity (Wildman–Crippen MR) is 61.4 cm³/mol. The molecule has 16 heavy (non-hydrogen) atoms. The zero-order valence-corrected chi connectivity index (χ0v) is 10.5. The van der Waals surface area contributed by atoms with Crippen LogP contribution in [0.5, 0.6) is 0 Å². The van der Waals surface area contributed by atoms with Gasteiger partial charge in [0.2, 0.25) is 0 Å². The van der Waals surface area contributed by atoms with Gasteiger partial charge >= 0.3 is 6.09 Å². The van der Waals surface area contributed by atoms with Crippen LogP contribution < -0.4 is 10.6 Å². The lowest BCUT2D eigenvalue weighted by Gasteiger charge is -2.24. The molecule has 94 valence electrons. The Bertz CT molecular complexity index is 238. The van der Waals surface area contributed by atoms with Gasteiger partial charge in [0.05, 0.1) is 12.1 Å². The van der Waals surface area contributed by atoms with E-state index in [1.165, 1.54) is 0 Å². The van der Waals surface area contributed by atoms with Crippen molar-refractivity contribution in [2.24, 2.45) is 0 Å². The van der Waals surface area contributed by atoms with Crippen molar-refractivity contribution in [2.75, 3.05) is 19.7 Å². The molecule has 0 aliphatic carbocycles. The Morgan fingerprint density at radius 3 is 2.69 bits per heavy atom. The van der Waals surface area contributed by atoms with Crippen LogP contribution in [0.1, 0.15) is 27.7 Å². The third kappa shape index (κ3) is 4.37. The monoisotopic (exact) mass is 230 g/mol. The Morgan fingerprint density at radius 2 is 2.12 bits per heavy atom. The summed E-state index contributed by atoms with van der Waals surface area (Å²) >= 11 is 0. The largest absolute Gasteiger partial charge is 0.444 e. The van der Waals surface area contributed by atoms with Crippen molar-refractivity contribution in [1.29, 1.82) is 0 Å². The molecule has 1 saturated heterocycles. The zero-order chi connectivity index (χ0) is 12.2. The first kappa shape index (κ1) is 13.3. The molecule has 1 rings (SSSR count). The molecule has 0 aromatic rings. The summed E-state index contributed by atoms with van der Waals surface area (Å²) in [4.78, 5) is 11.5. The number of nitrogens with one attached hydrogen (secondary N) is 2. The van der Waals surface area contributed by atoms with Crippen molar-refractivity contribution in [1.82, 2.24) is 10.6 Å². The van der Waals surface area contributed by atoms with Crippen molar-refractivity contribution >= 4 is 6.09 Å². The topological polar surface area (TPSA) is 59.6 Å². The summed E-state index contributed by atoms with van der Waals surface area (Å²) in [7, 11) is 0.